The largest absolute Gasteiger partial charge is 0.467 e. The second-order valence-corrected chi connectivity index (χ2v) is 3.74. The quantitative estimate of drug-likeness (QED) is 0.612. The van der Waals surface area contributed by atoms with Gasteiger partial charge in [-0.1, -0.05) is 0 Å². The number of aliphatic hydroxyl groups is 1. The summed E-state index contributed by atoms with van der Waals surface area (Å²) < 4.78 is 4.59. The average molecular weight is 240 g/mol. The van der Waals surface area contributed by atoms with Gasteiger partial charge < -0.3 is 14.7 Å². The number of β-amino-alcohol motifs (C(OH)–C–C–N with tert-alkyl or cyclic N) is 1. The van der Waals surface area contributed by atoms with Crippen molar-refractivity contribution in [2.24, 2.45) is 0 Å². The second kappa shape index (κ2) is 4.50. The maximum atomic E-state index is 12.0. The molecule has 0 bridgehead atoms. The molecule has 0 aliphatic carbocycles. The van der Waals surface area contributed by atoms with Crippen molar-refractivity contribution in [1.29, 1.82) is 0 Å². The van der Waals surface area contributed by atoms with E-state index in [0.717, 1.165) is 0 Å². The Balaban J connectivity index is 2.18. The van der Waals surface area contributed by atoms with Crippen molar-refractivity contribution in [2.45, 2.75) is 18.6 Å². The van der Waals surface area contributed by atoms with Crippen LogP contribution in [-0.2, 0) is 9.53 Å². The predicted molar refractivity (Wildman–Crippen MR) is 53.8 cm³/mol. The van der Waals surface area contributed by atoms with Gasteiger partial charge in [0.25, 0.3) is 5.91 Å². The minimum absolute atomic E-state index is 0.0888. The fourth-order valence-corrected chi connectivity index (χ4v) is 1.85. The third-order valence-corrected chi connectivity index (χ3v) is 2.65. The summed E-state index contributed by atoms with van der Waals surface area (Å²) in [5, 5.41) is 19.0. The summed E-state index contributed by atoms with van der Waals surface area (Å²) >= 11 is 0. The second-order valence-electron chi connectivity index (χ2n) is 3.74. The van der Waals surface area contributed by atoms with Crippen molar-refractivity contribution >= 4 is 11.9 Å². The summed E-state index contributed by atoms with van der Waals surface area (Å²) in [6.07, 6.45) is 0.715. The fourth-order valence-electron chi connectivity index (χ4n) is 1.85. The zero-order valence-electron chi connectivity index (χ0n) is 9.16. The summed E-state index contributed by atoms with van der Waals surface area (Å²) in [6.45, 7) is 0.0888. The van der Waals surface area contributed by atoms with E-state index in [2.05, 4.69) is 20.1 Å². The zero-order chi connectivity index (χ0) is 12.4. The predicted octanol–water partition coefficient (Wildman–Crippen LogP) is -1.45. The number of nitrogens with one attached hydrogen (secondary N) is 1. The fraction of sp³-hybridized carbons (Fsp3) is 0.556. The summed E-state index contributed by atoms with van der Waals surface area (Å²) in [5.74, 6) is -0.996. The maximum absolute atomic E-state index is 12.0. The van der Waals surface area contributed by atoms with Gasteiger partial charge in [0.15, 0.2) is 5.69 Å². The van der Waals surface area contributed by atoms with Crippen molar-refractivity contribution < 1.29 is 19.4 Å². The molecule has 17 heavy (non-hydrogen) atoms. The van der Waals surface area contributed by atoms with Crippen molar-refractivity contribution in [2.75, 3.05) is 13.7 Å². The van der Waals surface area contributed by atoms with Gasteiger partial charge in [-0.3, -0.25) is 4.79 Å². The first-order valence-corrected chi connectivity index (χ1v) is 5.06. The van der Waals surface area contributed by atoms with Gasteiger partial charge in [0, 0.05) is 13.0 Å². The van der Waals surface area contributed by atoms with Crippen molar-refractivity contribution in [1.82, 2.24) is 20.3 Å². The standard InChI is InChI=1S/C9H12N4O4/c1-17-9(16)7-2-5(14)4-13(7)8(15)6-3-10-12-11-6/h3,5,7,14H,2,4H2,1H3,(H,10,11,12). The van der Waals surface area contributed by atoms with E-state index in [1.165, 1.54) is 18.2 Å². The van der Waals surface area contributed by atoms with Gasteiger partial charge in [-0.2, -0.15) is 15.4 Å². The van der Waals surface area contributed by atoms with E-state index in [1.807, 2.05) is 0 Å². The molecule has 0 saturated carbocycles. The SMILES string of the molecule is COC(=O)C1CC(O)CN1C(=O)c1cn[nH]n1. The van der Waals surface area contributed by atoms with Gasteiger partial charge in [0.05, 0.1) is 19.4 Å². The molecule has 1 aromatic rings. The Bertz CT molecular complexity index is 419. The molecule has 1 fully saturated rings. The van der Waals surface area contributed by atoms with E-state index in [0.29, 0.717) is 0 Å². The number of aromatic nitrogens is 3. The van der Waals surface area contributed by atoms with Crippen LogP contribution >= 0.6 is 0 Å². The Labute approximate surface area is 96.6 Å². The highest BCUT2D eigenvalue weighted by atomic mass is 16.5. The van der Waals surface area contributed by atoms with Crippen LogP contribution in [0.4, 0.5) is 0 Å². The van der Waals surface area contributed by atoms with Crippen LogP contribution < -0.4 is 0 Å². The topological polar surface area (TPSA) is 108 Å². The molecule has 1 aliphatic heterocycles. The van der Waals surface area contributed by atoms with Gasteiger partial charge >= 0.3 is 5.97 Å². The molecule has 2 rings (SSSR count). The first-order chi connectivity index (χ1) is 8.13. The summed E-state index contributed by atoms with van der Waals surface area (Å²) in [7, 11) is 1.24. The van der Waals surface area contributed by atoms with E-state index in [1.54, 1.807) is 0 Å². The van der Waals surface area contributed by atoms with Crippen LogP contribution in [0.25, 0.3) is 0 Å². The number of methoxy groups -OCH3 is 1. The average Bonchev–Trinajstić information content (AvgIpc) is 2.95. The Morgan fingerprint density at radius 1 is 1.65 bits per heavy atom. The molecule has 2 atom stereocenters. The lowest BCUT2D eigenvalue weighted by Gasteiger charge is -2.20. The molecule has 8 heteroatoms. The van der Waals surface area contributed by atoms with Gasteiger partial charge in [0.2, 0.25) is 0 Å². The molecule has 0 aromatic carbocycles. The number of H-pyrrole nitrogens is 1. The number of aromatic amines is 1. The number of rotatable bonds is 2. The molecule has 1 saturated heterocycles. The third kappa shape index (κ3) is 2.11. The maximum Gasteiger partial charge on any atom is 0.328 e. The molecular formula is C9H12N4O4. The van der Waals surface area contributed by atoms with Crippen LogP contribution in [-0.4, -0.2) is 63.1 Å². The van der Waals surface area contributed by atoms with Gasteiger partial charge in [-0.25, -0.2) is 4.79 Å². The van der Waals surface area contributed by atoms with E-state index in [4.69, 9.17) is 0 Å². The number of aliphatic hydroxyl groups excluding tert-OH is 1. The lowest BCUT2D eigenvalue weighted by atomic mass is 10.2. The Morgan fingerprint density at radius 3 is 3.00 bits per heavy atom. The van der Waals surface area contributed by atoms with Gasteiger partial charge in [0.1, 0.15) is 6.04 Å². The van der Waals surface area contributed by atoms with Crippen molar-refractivity contribution in [3.8, 4) is 0 Å². The number of esters is 1. The Kier molecular flexibility index (Phi) is 3.05. The smallest absolute Gasteiger partial charge is 0.328 e. The molecule has 1 aliphatic rings. The molecular weight excluding hydrogens is 228 g/mol. The van der Waals surface area contributed by atoms with Crippen LogP contribution in [0.5, 0.6) is 0 Å². The molecule has 2 N–H and O–H groups in total. The van der Waals surface area contributed by atoms with Crippen molar-refractivity contribution in [3.05, 3.63) is 11.9 Å². The highest BCUT2D eigenvalue weighted by Crippen LogP contribution is 2.20. The van der Waals surface area contributed by atoms with Gasteiger partial charge in [-0.15, -0.1) is 0 Å². The van der Waals surface area contributed by atoms with Gasteiger partial charge in [-0.05, 0) is 0 Å². The van der Waals surface area contributed by atoms with E-state index in [-0.39, 0.29) is 18.7 Å². The molecule has 0 radical (unpaired) electrons. The van der Waals surface area contributed by atoms with E-state index < -0.39 is 24.0 Å². The Hall–Kier alpha value is -1.96. The lowest BCUT2D eigenvalue weighted by molar-refractivity contribution is -0.145. The number of carbonyl (C=O) groups is 2. The monoisotopic (exact) mass is 240 g/mol. The molecule has 1 aromatic heterocycles. The minimum Gasteiger partial charge on any atom is -0.467 e. The highest BCUT2D eigenvalue weighted by Gasteiger charge is 2.40. The molecule has 2 heterocycles. The molecule has 1 amide bonds. The first-order valence-electron chi connectivity index (χ1n) is 5.06. The normalized spacial score (nSPS) is 23.8. The van der Waals surface area contributed by atoms with Crippen molar-refractivity contribution in [3.63, 3.8) is 0 Å². The molecule has 8 nitrogen and oxygen atoms in total. The van der Waals surface area contributed by atoms with Crippen LogP contribution in [0.1, 0.15) is 16.9 Å². The lowest BCUT2D eigenvalue weighted by Crippen LogP contribution is -2.41. The van der Waals surface area contributed by atoms with Crippen LogP contribution in [0.2, 0.25) is 0 Å². The number of likely N-dealkylation sites (tertiary alicyclic amines) is 1. The Morgan fingerprint density at radius 2 is 2.41 bits per heavy atom. The number of carbonyl (C=O) groups excluding carboxylic acids is 2. The third-order valence-electron chi connectivity index (χ3n) is 2.65. The molecule has 2 unspecified atom stereocenters. The summed E-state index contributed by atoms with van der Waals surface area (Å²) in [4.78, 5) is 24.7. The summed E-state index contributed by atoms with van der Waals surface area (Å²) in [5.41, 5.74) is 0.105. The van der Waals surface area contributed by atoms with Crippen LogP contribution in [0, 0.1) is 0 Å². The molecule has 92 valence electrons. The summed E-state index contributed by atoms with van der Waals surface area (Å²) in [6, 6.07) is -0.765. The first kappa shape index (κ1) is 11.5. The number of amides is 1. The molecule has 0 spiro atoms. The number of nitrogens with zero attached hydrogens (tertiary/aromatic N) is 3. The van der Waals surface area contributed by atoms with E-state index in [9.17, 15) is 14.7 Å². The number of hydrogen-bond acceptors (Lipinski definition) is 6. The highest BCUT2D eigenvalue weighted by molar-refractivity contribution is 5.95. The number of ether oxygens (including phenoxy) is 1. The van der Waals surface area contributed by atoms with E-state index >= 15 is 0 Å². The van der Waals surface area contributed by atoms with Crippen LogP contribution in [0.3, 0.4) is 0 Å². The number of hydrogen-bond donors (Lipinski definition) is 2. The minimum atomic E-state index is -0.765. The van der Waals surface area contributed by atoms with Crippen LogP contribution in [0.15, 0.2) is 6.20 Å². The zero-order valence-corrected chi connectivity index (χ0v) is 9.16.